The summed E-state index contributed by atoms with van der Waals surface area (Å²) in [5.74, 6) is -0.844. The van der Waals surface area contributed by atoms with E-state index in [1.165, 1.54) is 6.07 Å². The Hall–Kier alpha value is -0.710. The molecule has 0 saturated carbocycles. The number of hydrogen-bond acceptors (Lipinski definition) is 1. The molecule has 0 saturated heterocycles. The molecule has 0 N–H and O–H groups in total. The van der Waals surface area contributed by atoms with Crippen LogP contribution < -0.4 is 0 Å². The van der Waals surface area contributed by atoms with Gasteiger partial charge in [-0.15, -0.1) is 0 Å². The zero-order chi connectivity index (χ0) is 14.0. The monoisotopic (exact) mass is 404 g/mol. The molecule has 5 heteroatoms. The van der Waals surface area contributed by atoms with Crippen LogP contribution in [0.5, 0.6) is 0 Å². The maximum atomic E-state index is 13.8. The standard InChI is InChI=1S/C14H8Br2ClFO/c15-9-5-4-8(12(17)7-9)6-13(19)10-2-1-3-11(16)14(10)18/h1-5,7H,6H2. The van der Waals surface area contributed by atoms with Gasteiger partial charge in [0.25, 0.3) is 0 Å². The predicted octanol–water partition coefficient (Wildman–Crippen LogP) is 5.43. The van der Waals surface area contributed by atoms with Gasteiger partial charge >= 0.3 is 0 Å². The van der Waals surface area contributed by atoms with Crippen molar-refractivity contribution in [2.45, 2.75) is 6.42 Å². The Kier molecular flexibility index (Phi) is 4.76. The predicted molar refractivity (Wildman–Crippen MR) is 81.3 cm³/mol. The number of ketones is 1. The Balaban J connectivity index is 2.28. The third kappa shape index (κ3) is 3.44. The van der Waals surface area contributed by atoms with Gasteiger partial charge in [0.1, 0.15) is 5.82 Å². The Morgan fingerprint density at radius 2 is 1.95 bits per heavy atom. The van der Waals surface area contributed by atoms with Crippen LogP contribution in [0.25, 0.3) is 0 Å². The van der Waals surface area contributed by atoms with Crippen molar-refractivity contribution in [2.24, 2.45) is 0 Å². The SMILES string of the molecule is O=C(Cc1ccc(Br)cc1Cl)c1cccc(Br)c1F. The molecule has 0 bridgehead atoms. The van der Waals surface area contributed by atoms with Crippen LogP contribution >= 0.6 is 43.5 Å². The number of benzene rings is 2. The summed E-state index contributed by atoms with van der Waals surface area (Å²) >= 11 is 12.4. The largest absolute Gasteiger partial charge is 0.294 e. The van der Waals surface area contributed by atoms with Crippen molar-refractivity contribution in [3.63, 3.8) is 0 Å². The average Bonchev–Trinajstić information content (AvgIpc) is 2.36. The van der Waals surface area contributed by atoms with E-state index in [4.69, 9.17) is 11.6 Å². The lowest BCUT2D eigenvalue weighted by Crippen LogP contribution is -2.07. The molecule has 0 aliphatic rings. The number of carbonyl (C=O) groups is 1. The van der Waals surface area contributed by atoms with E-state index in [1.54, 1.807) is 30.3 Å². The van der Waals surface area contributed by atoms with E-state index >= 15 is 0 Å². The number of halogens is 4. The van der Waals surface area contributed by atoms with Gasteiger partial charge in [0, 0.05) is 15.9 Å². The lowest BCUT2D eigenvalue weighted by molar-refractivity contribution is 0.0989. The number of rotatable bonds is 3. The van der Waals surface area contributed by atoms with Crippen LogP contribution in [-0.2, 0) is 6.42 Å². The van der Waals surface area contributed by atoms with Gasteiger partial charge in [0.05, 0.1) is 10.0 Å². The van der Waals surface area contributed by atoms with Crippen molar-refractivity contribution in [1.29, 1.82) is 0 Å². The molecule has 0 aliphatic carbocycles. The van der Waals surface area contributed by atoms with Crippen LogP contribution in [0.15, 0.2) is 45.3 Å². The summed E-state index contributed by atoms with van der Waals surface area (Å²) in [4.78, 5) is 12.1. The van der Waals surface area contributed by atoms with Gasteiger partial charge < -0.3 is 0 Å². The van der Waals surface area contributed by atoms with E-state index < -0.39 is 5.82 Å². The smallest absolute Gasteiger partial charge is 0.170 e. The second kappa shape index (κ2) is 6.16. The minimum absolute atomic E-state index is 0.0633. The molecule has 1 nitrogen and oxygen atoms in total. The molecule has 2 rings (SSSR count). The second-order valence-electron chi connectivity index (χ2n) is 3.94. The number of hydrogen-bond donors (Lipinski definition) is 0. The lowest BCUT2D eigenvalue weighted by Gasteiger charge is -2.06. The number of carbonyl (C=O) groups excluding carboxylic acids is 1. The molecular formula is C14H8Br2ClFO. The molecule has 0 unspecified atom stereocenters. The Labute approximate surface area is 132 Å². The van der Waals surface area contributed by atoms with Gasteiger partial charge in [0.2, 0.25) is 0 Å². The molecule has 2 aromatic rings. The molecular weight excluding hydrogens is 398 g/mol. The first-order chi connectivity index (χ1) is 8.99. The fraction of sp³-hybridized carbons (Fsp3) is 0.0714. The van der Waals surface area contributed by atoms with E-state index in [0.29, 0.717) is 10.6 Å². The summed E-state index contributed by atoms with van der Waals surface area (Å²) in [5, 5.41) is 0.484. The van der Waals surface area contributed by atoms with Crippen molar-refractivity contribution >= 4 is 49.2 Å². The molecule has 0 aromatic heterocycles. The third-order valence-electron chi connectivity index (χ3n) is 2.62. The van der Waals surface area contributed by atoms with Crippen LogP contribution in [-0.4, -0.2) is 5.78 Å². The van der Waals surface area contributed by atoms with Gasteiger partial charge in [-0.25, -0.2) is 4.39 Å². The minimum atomic E-state index is -0.541. The molecule has 0 atom stereocenters. The first-order valence-electron chi connectivity index (χ1n) is 5.40. The molecule has 0 aliphatic heterocycles. The van der Waals surface area contributed by atoms with E-state index in [-0.39, 0.29) is 22.2 Å². The van der Waals surface area contributed by atoms with Crippen LogP contribution in [0.2, 0.25) is 5.02 Å². The van der Waals surface area contributed by atoms with Gasteiger partial charge in [-0.05, 0) is 45.8 Å². The van der Waals surface area contributed by atoms with Gasteiger partial charge in [0.15, 0.2) is 5.78 Å². The van der Waals surface area contributed by atoms with E-state index in [1.807, 2.05) is 0 Å². The van der Waals surface area contributed by atoms with Crippen LogP contribution in [0.3, 0.4) is 0 Å². The zero-order valence-electron chi connectivity index (χ0n) is 9.59. The first-order valence-corrected chi connectivity index (χ1v) is 7.36. The fourth-order valence-electron chi connectivity index (χ4n) is 1.65. The second-order valence-corrected chi connectivity index (χ2v) is 6.11. The molecule has 0 radical (unpaired) electrons. The summed E-state index contributed by atoms with van der Waals surface area (Å²) in [6, 6.07) is 9.91. The molecule has 2 aromatic carbocycles. The van der Waals surface area contributed by atoms with Crippen LogP contribution in [0.1, 0.15) is 15.9 Å². The summed E-state index contributed by atoms with van der Waals surface area (Å²) in [6.07, 6.45) is 0.0689. The highest BCUT2D eigenvalue weighted by Gasteiger charge is 2.15. The Morgan fingerprint density at radius 3 is 2.63 bits per heavy atom. The maximum Gasteiger partial charge on any atom is 0.170 e. The van der Waals surface area contributed by atoms with Crippen LogP contribution in [0, 0.1) is 5.82 Å². The maximum absolute atomic E-state index is 13.8. The topological polar surface area (TPSA) is 17.1 Å². The average molecular weight is 406 g/mol. The van der Waals surface area contributed by atoms with Crippen LogP contribution in [0.4, 0.5) is 4.39 Å². The Bertz CT molecular complexity index is 643. The van der Waals surface area contributed by atoms with Gasteiger partial charge in [-0.1, -0.05) is 39.7 Å². The zero-order valence-corrected chi connectivity index (χ0v) is 13.5. The van der Waals surface area contributed by atoms with Crippen molar-refractivity contribution in [2.75, 3.05) is 0 Å². The number of Topliss-reactive ketones (excluding diaryl/α,β-unsaturated/α-hetero) is 1. The Morgan fingerprint density at radius 1 is 1.21 bits per heavy atom. The van der Waals surface area contributed by atoms with Crippen molar-refractivity contribution in [3.8, 4) is 0 Å². The highest BCUT2D eigenvalue weighted by molar-refractivity contribution is 9.10. The van der Waals surface area contributed by atoms with Gasteiger partial charge in [-0.2, -0.15) is 0 Å². The molecule has 98 valence electrons. The first kappa shape index (κ1) is 14.7. The summed E-state index contributed by atoms with van der Waals surface area (Å²) in [7, 11) is 0. The van der Waals surface area contributed by atoms with E-state index in [0.717, 1.165) is 4.47 Å². The highest BCUT2D eigenvalue weighted by Crippen LogP contribution is 2.24. The van der Waals surface area contributed by atoms with Gasteiger partial charge in [-0.3, -0.25) is 4.79 Å². The van der Waals surface area contributed by atoms with Crippen molar-refractivity contribution in [1.82, 2.24) is 0 Å². The normalized spacial score (nSPS) is 10.5. The van der Waals surface area contributed by atoms with E-state index in [2.05, 4.69) is 31.9 Å². The molecule has 0 fully saturated rings. The summed E-state index contributed by atoms with van der Waals surface area (Å²) in [5.41, 5.74) is 0.739. The molecule has 19 heavy (non-hydrogen) atoms. The summed E-state index contributed by atoms with van der Waals surface area (Å²) < 4.78 is 14.9. The quantitative estimate of drug-likeness (QED) is 0.621. The molecule has 0 amide bonds. The lowest BCUT2D eigenvalue weighted by atomic mass is 10.0. The summed E-state index contributed by atoms with van der Waals surface area (Å²) in [6.45, 7) is 0. The fourth-order valence-corrected chi connectivity index (χ4v) is 2.76. The van der Waals surface area contributed by atoms with Crippen molar-refractivity contribution in [3.05, 3.63) is 67.3 Å². The van der Waals surface area contributed by atoms with Crippen molar-refractivity contribution < 1.29 is 9.18 Å². The van der Waals surface area contributed by atoms with E-state index in [9.17, 15) is 9.18 Å². The molecule has 0 heterocycles. The minimum Gasteiger partial charge on any atom is -0.294 e. The third-order valence-corrected chi connectivity index (χ3v) is 4.08. The highest BCUT2D eigenvalue weighted by atomic mass is 79.9. The molecule has 0 spiro atoms.